The smallest absolute Gasteiger partial charge is 0.190 e. The van der Waals surface area contributed by atoms with Crippen LogP contribution >= 0.6 is 15.9 Å². The van der Waals surface area contributed by atoms with E-state index < -0.39 is 18.0 Å². The molecule has 0 aromatic carbocycles. The van der Waals surface area contributed by atoms with Crippen molar-refractivity contribution in [2.24, 2.45) is 11.8 Å². The van der Waals surface area contributed by atoms with Crippen LogP contribution in [0, 0.1) is 11.8 Å². The maximum absolute atomic E-state index is 11.0. The van der Waals surface area contributed by atoms with E-state index in [1.165, 1.54) is 0 Å². The molecule has 4 atom stereocenters. The molecule has 4 heteroatoms. The van der Waals surface area contributed by atoms with Gasteiger partial charge in [-0.15, -0.1) is 0 Å². The Labute approximate surface area is 73.5 Å². The summed E-state index contributed by atoms with van der Waals surface area (Å²) in [7, 11) is 0. The molecule has 0 heterocycles. The summed E-state index contributed by atoms with van der Waals surface area (Å²) < 4.78 is 0. The second kappa shape index (κ2) is 3.21. The van der Waals surface area contributed by atoms with Gasteiger partial charge in [-0.1, -0.05) is 22.9 Å². The Morgan fingerprint density at radius 2 is 2.00 bits per heavy atom. The average molecular weight is 223 g/mol. The molecular weight excluding hydrogens is 212 g/mol. The van der Waals surface area contributed by atoms with Gasteiger partial charge in [0.2, 0.25) is 0 Å². The van der Waals surface area contributed by atoms with Crippen molar-refractivity contribution in [2.45, 2.75) is 19.1 Å². The van der Waals surface area contributed by atoms with Crippen LogP contribution in [0.4, 0.5) is 0 Å². The lowest BCUT2D eigenvalue weighted by Crippen LogP contribution is -2.25. The number of Topliss-reactive ketones (excluding diaryl/α,β-unsaturated/α-hetero) is 1. The number of rotatable bonds is 1. The molecule has 1 saturated carbocycles. The molecule has 0 aromatic rings. The molecule has 64 valence electrons. The summed E-state index contributed by atoms with van der Waals surface area (Å²) >= 11 is 3.19. The van der Waals surface area contributed by atoms with Crippen LogP contribution in [-0.4, -0.2) is 33.5 Å². The van der Waals surface area contributed by atoms with Crippen LogP contribution < -0.4 is 0 Å². The molecule has 1 fully saturated rings. The van der Waals surface area contributed by atoms with Crippen molar-refractivity contribution in [3.05, 3.63) is 0 Å². The summed E-state index contributed by atoms with van der Waals surface area (Å²) in [4.78, 5) is 11.0. The van der Waals surface area contributed by atoms with Crippen molar-refractivity contribution in [1.29, 1.82) is 0 Å². The Balaban J connectivity index is 2.77. The van der Waals surface area contributed by atoms with Crippen molar-refractivity contribution < 1.29 is 15.0 Å². The third-order valence-corrected chi connectivity index (χ3v) is 3.09. The monoisotopic (exact) mass is 222 g/mol. The first kappa shape index (κ1) is 9.16. The standard InChI is InChI=1S/C7H11BrO3/c1-3-4(2-8)6(10)7(11)5(3)9/h3-6,9-10H,2H2,1H3. The van der Waals surface area contributed by atoms with Crippen molar-refractivity contribution in [3.63, 3.8) is 0 Å². The molecule has 4 unspecified atom stereocenters. The van der Waals surface area contributed by atoms with Gasteiger partial charge < -0.3 is 10.2 Å². The molecule has 1 rings (SSSR count). The third-order valence-electron chi connectivity index (χ3n) is 2.34. The predicted molar refractivity (Wildman–Crippen MR) is 43.5 cm³/mol. The van der Waals surface area contributed by atoms with Crippen molar-refractivity contribution in [1.82, 2.24) is 0 Å². The number of hydrogen-bond acceptors (Lipinski definition) is 3. The lowest BCUT2D eigenvalue weighted by molar-refractivity contribution is -0.131. The number of alkyl halides is 1. The van der Waals surface area contributed by atoms with Crippen molar-refractivity contribution in [3.8, 4) is 0 Å². The van der Waals surface area contributed by atoms with E-state index in [1.807, 2.05) is 0 Å². The minimum atomic E-state index is -0.987. The highest BCUT2D eigenvalue weighted by Crippen LogP contribution is 2.30. The fraction of sp³-hybridized carbons (Fsp3) is 0.857. The Hall–Kier alpha value is 0.0700. The Morgan fingerprint density at radius 3 is 2.18 bits per heavy atom. The Morgan fingerprint density at radius 1 is 1.45 bits per heavy atom. The first-order valence-corrected chi connectivity index (χ1v) is 4.67. The number of aliphatic hydroxyl groups excluding tert-OH is 2. The van der Waals surface area contributed by atoms with Crippen LogP contribution in [0.15, 0.2) is 0 Å². The zero-order chi connectivity index (χ0) is 8.59. The SMILES string of the molecule is CC1C(O)C(=O)C(O)C1CBr. The third kappa shape index (κ3) is 1.35. The molecule has 2 N–H and O–H groups in total. The maximum atomic E-state index is 11.0. The summed E-state index contributed by atoms with van der Waals surface area (Å²) in [5.41, 5.74) is 0. The first-order valence-electron chi connectivity index (χ1n) is 3.55. The Bertz CT molecular complexity index is 171. The number of carbonyl (C=O) groups excluding carboxylic acids is 1. The van der Waals surface area contributed by atoms with Gasteiger partial charge >= 0.3 is 0 Å². The molecule has 0 amide bonds. The molecule has 0 bridgehead atoms. The molecule has 1 aliphatic rings. The Kier molecular flexibility index (Phi) is 2.67. The van der Waals surface area contributed by atoms with Crippen LogP contribution in [0.5, 0.6) is 0 Å². The van der Waals surface area contributed by atoms with E-state index in [2.05, 4.69) is 15.9 Å². The molecule has 11 heavy (non-hydrogen) atoms. The van der Waals surface area contributed by atoms with E-state index in [9.17, 15) is 15.0 Å². The molecular formula is C7H11BrO3. The quantitative estimate of drug-likeness (QED) is 0.612. The minimum absolute atomic E-state index is 0.141. The molecule has 1 aliphatic carbocycles. The van der Waals surface area contributed by atoms with Gasteiger partial charge in [0.05, 0.1) is 0 Å². The second-order valence-electron chi connectivity index (χ2n) is 2.97. The predicted octanol–water partition coefficient (Wildman–Crippen LogP) is -0.0619. The number of ketones is 1. The van der Waals surface area contributed by atoms with Crippen LogP contribution in [-0.2, 0) is 4.79 Å². The van der Waals surface area contributed by atoms with E-state index in [0.717, 1.165) is 0 Å². The lowest BCUT2D eigenvalue weighted by atomic mass is 9.98. The van der Waals surface area contributed by atoms with Gasteiger partial charge in [0.25, 0.3) is 0 Å². The van der Waals surface area contributed by atoms with E-state index in [-0.39, 0.29) is 11.8 Å². The molecule has 0 saturated heterocycles. The van der Waals surface area contributed by atoms with Crippen LogP contribution in [0.3, 0.4) is 0 Å². The first-order chi connectivity index (χ1) is 5.09. The number of hydrogen-bond donors (Lipinski definition) is 2. The zero-order valence-electron chi connectivity index (χ0n) is 6.20. The van der Waals surface area contributed by atoms with Gasteiger partial charge in [-0.25, -0.2) is 0 Å². The molecule has 0 radical (unpaired) electrons. The van der Waals surface area contributed by atoms with Crippen molar-refractivity contribution in [2.75, 3.05) is 5.33 Å². The normalized spacial score (nSPS) is 44.9. The highest BCUT2D eigenvalue weighted by Gasteiger charge is 2.45. The summed E-state index contributed by atoms with van der Waals surface area (Å²) in [5, 5.41) is 19.0. The van der Waals surface area contributed by atoms with Crippen LogP contribution in [0.25, 0.3) is 0 Å². The van der Waals surface area contributed by atoms with E-state index >= 15 is 0 Å². The van der Waals surface area contributed by atoms with Crippen LogP contribution in [0.2, 0.25) is 0 Å². The fourth-order valence-corrected chi connectivity index (χ4v) is 2.34. The molecule has 0 spiro atoms. The summed E-state index contributed by atoms with van der Waals surface area (Å²) in [6.45, 7) is 1.77. The highest BCUT2D eigenvalue weighted by atomic mass is 79.9. The van der Waals surface area contributed by atoms with Gasteiger partial charge in [-0.3, -0.25) is 4.79 Å². The number of halogens is 1. The van der Waals surface area contributed by atoms with Gasteiger partial charge in [0.1, 0.15) is 12.2 Å². The second-order valence-corrected chi connectivity index (χ2v) is 3.62. The van der Waals surface area contributed by atoms with Gasteiger partial charge in [0, 0.05) is 11.2 Å². The van der Waals surface area contributed by atoms with Gasteiger partial charge in [-0.05, 0) is 5.92 Å². The molecule has 3 nitrogen and oxygen atoms in total. The highest BCUT2D eigenvalue weighted by molar-refractivity contribution is 9.09. The van der Waals surface area contributed by atoms with Gasteiger partial charge in [-0.2, -0.15) is 0 Å². The van der Waals surface area contributed by atoms with E-state index in [4.69, 9.17) is 0 Å². The number of aliphatic hydroxyl groups is 2. The van der Waals surface area contributed by atoms with E-state index in [0.29, 0.717) is 5.33 Å². The average Bonchev–Trinajstić information content (AvgIpc) is 2.17. The molecule has 0 aromatic heterocycles. The summed E-state index contributed by atoms with van der Waals surface area (Å²) in [5.74, 6) is -0.726. The van der Waals surface area contributed by atoms with Gasteiger partial charge in [0.15, 0.2) is 5.78 Å². The fourth-order valence-electron chi connectivity index (χ4n) is 1.39. The lowest BCUT2D eigenvalue weighted by Gasteiger charge is -2.14. The summed E-state index contributed by atoms with van der Waals surface area (Å²) in [6.07, 6.45) is -1.97. The zero-order valence-corrected chi connectivity index (χ0v) is 7.78. The van der Waals surface area contributed by atoms with E-state index in [1.54, 1.807) is 6.92 Å². The maximum Gasteiger partial charge on any atom is 0.190 e. The van der Waals surface area contributed by atoms with Crippen molar-refractivity contribution >= 4 is 21.7 Å². The molecule has 0 aliphatic heterocycles. The number of carbonyl (C=O) groups is 1. The van der Waals surface area contributed by atoms with Crippen LogP contribution in [0.1, 0.15) is 6.92 Å². The minimum Gasteiger partial charge on any atom is -0.385 e. The summed E-state index contributed by atoms with van der Waals surface area (Å²) in [6, 6.07) is 0. The largest absolute Gasteiger partial charge is 0.385 e. The topological polar surface area (TPSA) is 57.5 Å².